The van der Waals surface area contributed by atoms with Crippen LogP contribution in [0.25, 0.3) is 0 Å². The molecule has 0 amide bonds. The molecular formula is C13H24O. The minimum atomic E-state index is 0.290. The minimum absolute atomic E-state index is 0.290. The van der Waals surface area contributed by atoms with Gasteiger partial charge in [0.2, 0.25) is 0 Å². The third-order valence-electron chi connectivity index (χ3n) is 4.46. The van der Waals surface area contributed by atoms with Gasteiger partial charge in [-0.25, -0.2) is 0 Å². The van der Waals surface area contributed by atoms with Crippen molar-refractivity contribution in [3.8, 4) is 0 Å². The summed E-state index contributed by atoms with van der Waals surface area (Å²) in [6.07, 6.45) is 14.1. The first kappa shape index (κ1) is 10.5. The summed E-state index contributed by atoms with van der Waals surface area (Å²) >= 11 is 0. The van der Waals surface area contributed by atoms with Gasteiger partial charge in [0, 0.05) is 7.11 Å². The first-order chi connectivity index (χ1) is 6.87. The maximum atomic E-state index is 5.92. The Balaban J connectivity index is 2.01. The topological polar surface area (TPSA) is 9.23 Å². The average molecular weight is 196 g/mol. The lowest BCUT2D eigenvalue weighted by atomic mass is 9.70. The lowest BCUT2D eigenvalue weighted by molar-refractivity contribution is -0.0936. The van der Waals surface area contributed by atoms with E-state index in [1.54, 1.807) is 0 Å². The summed E-state index contributed by atoms with van der Waals surface area (Å²) in [5.41, 5.74) is 0.290. The average Bonchev–Trinajstić information content (AvgIpc) is 2.31. The summed E-state index contributed by atoms with van der Waals surface area (Å²) in [5, 5.41) is 0. The Kier molecular flexibility index (Phi) is 3.48. The van der Waals surface area contributed by atoms with Gasteiger partial charge in [-0.2, -0.15) is 0 Å². The predicted molar refractivity (Wildman–Crippen MR) is 59.4 cm³/mol. The van der Waals surface area contributed by atoms with Gasteiger partial charge in [0.15, 0.2) is 0 Å². The standard InChI is InChI=1S/C13H24O/c1-14-13(10-6-3-7-11-13)12-8-4-2-5-9-12/h12H,2-11H2,1H3. The number of methoxy groups -OCH3 is 1. The summed E-state index contributed by atoms with van der Waals surface area (Å²) < 4.78 is 5.92. The molecule has 14 heavy (non-hydrogen) atoms. The molecule has 2 rings (SSSR count). The highest BCUT2D eigenvalue weighted by Gasteiger charge is 2.39. The number of ether oxygens (including phenoxy) is 1. The first-order valence-corrected chi connectivity index (χ1v) is 6.42. The Morgan fingerprint density at radius 2 is 1.43 bits per heavy atom. The molecule has 0 aliphatic heterocycles. The highest BCUT2D eigenvalue weighted by molar-refractivity contribution is 4.91. The summed E-state index contributed by atoms with van der Waals surface area (Å²) in [7, 11) is 1.94. The van der Waals surface area contributed by atoms with Crippen LogP contribution < -0.4 is 0 Å². The molecule has 0 bridgehead atoms. The number of rotatable bonds is 2. The fraction of sp³-hybridized carbons (Fsp3) is 1.00. The number of hydrogen-bond donors (Lipinski definition) is 0. The van der Waals surface area contributed by atoms with Gasteiger partial charge >= 0.3 is 0 Å². The monoisotopic (exact) mass is 196 g/mol. The van der Waals surface area contributed by atoms with Crippen LogP contribution >= 0.6 is 0 Å². The molecule has 2 fully saturated rings. The van der Waals surface area contributed by atoms with Gasteiger partial charge in [-0.1, -0.05) is 38.5 Å². The molecule has 82 valence electrons. The van der Waals surface area contributed by atoms with Crippen LogP contribution in [0.4, 0.5) is 0 Å². The predicted octanol–water partition coefficient (Wildman–Crippen LogP) is 3.92. The molecule has 0 radical (unpaired) electrons. The van der Waals surface area contributed by atoms with Crippen LogP contribution in [-0.4, -0.2) is 12.7 Å². The van der Waals surface area contributed by atoms with Crippen LogP contribution in [0.1, 0.15) is 64.2 Å². The van der Waals surface area contributed by atoms with E-state index in [1.807, 2.05) is 7.11 Å². The van der Waals surface area contributed by atoms with Crippen molar-refractivity contribution < 1.29 is 4.74 Å². The van der Waals surface area contributed by atoms with Gasteiger partial charge in [0.05, 0.1) is 5.60 Å². The van der Waals surface area contributed by atoms with Crippen molar-refractivity contribution in [1.29, 1.82) is 0 Å². The molecule has 1 nitrogen and oxygen atoms in total. The summed E-state index contributed by atoms with van der Waals surface area (Å²) in [5.74, 6) is 0.876. The van der Waals surface area contributed by atoms with E-state index in [0.717, 1.165) is 5.92 Å². The molecule has 0 atom stereocenters. The van der Waals surface area contributed by atoms with E-state index in [-0.39, 0.29) is 0 Å². The molecule has 2 saturated carbocycles. The van der Waals surface area contributed by atoms with E-state index in [9.17, 15) is 0 Å². The molecule has 0 saturated heterocycles. The Morgan fingerprint density at radius 1 is 0.857 bits per heavy atom. The van der Waals surface area contributed by atoms with Crippen molar-refractivity contribution in [2.45, 2.75) is 69.8 Å². The summed E-state index contributed by atoms with van der Waals surface area (Å²) in [6.45, 7) is 0. The smallest absolute Gasteiger partial charge is 0.0706 e. The van der Waals surface area contributed by atoms with Gasteiger partial charge in [-0.15, -0.1) is 0 Å². The minimum Gasteiger partial charge on any atom is -0.378 e. The lowest BCUT2D eigenvalue weighted by Gasteiger charge is -2.44. The molecule has 0 aromatic rings. The summed E-state index contributed by atoms with van der Waals surface area (Å²) in [4.78, 5) is 0. The van der Waals surface area contributed by atoms with Crippen LogP contribution in [0, 0.1) is 5.92 Å². The van der Waals surface area contributed by atoms with E-state index in [1.165, 1.54) is 64.2 Å². The van der Waals surface area contributed by atoms with E-state index >= 15 is 0 Å². The van der Waals surface area contributed by atoms with E-state index < -0.39 is 0 Å². The van der Waals surface area contributed by atoms with Gasteiger partial charge in [-0.3, -0.25) is 0 Å². The maximum Gasteiger partial charge on any atom is 0.0706 e. The number of hydrogen-bond acceptors (Lipinski definition) is 1. The Labute approximate surface area is 88.2 Å². The normalized spacial score (nSPS) is 28.9. The maximum absolute atomic E-state index is 5.92. The highest BCUT2D eigenvalue weighted by atomic mass is 16.5. The van der Waals surface area contributed by atoms with Gasteiger partial charge in [0.1, 0.15) is 0 Å². The van der Waals surface area contributed by atoms with Crippen molar-refractivity contribution >= 4 is 0 Å². The Morgan fingerprint density at radius 3 is 2.00 bits per heavy atom. The quantitative estimate of drug-likeness (QED) is 0.650. The molecule has 0 aromatic heterocycles. The van der Waals surface area contributed by atoms with Crippen molar-refractivity contribution in [2.24, 2.45) is 5.92 Å². The highest BCUT2D eigenvalue weighted by Crippen LogP contribution is 2.43. The summed E-state index contributed by atoms with van der Waals surface area (Å²) in [6, 6.07) is 0. The lowest BCUT2D eigenvalue weighted by Crippen LogP contribution is -2.42. The van der Waals surface area contributed by atoms with Crippen molar-refractivity contribution in [3.05, 3.63) is 0 Å². The molecule has 0 spiro atoms. The van der Waals surface area contributed by atoms with Crippen LogP contribution in [0.15, 0.2) is 0 Å². The molecule has 2 aliphatic carbocycles. The second-order valence-electron chi connectivity index (χ2n) is 5.16. The largest absolute Gasteiger partial charge is 0.378 e. The van der Waals surface area contributed by atoms with Crippen LogP contribution in [-0.2, 0) is 4.74 Å². The molecule has 0 unspecified atom stereocenters. The zero-order valence-electron chi connectivity index (χ0n) is 9.56. The van der Waals surface area contributed by atoms with Gasteiger partial charge < -0.3 is 4.74 Å². The first-order valence-electron chi connectivity index (χ1n) is 6.42. The second kappa shape index (κ2) is 4.65. The molecular weight excluding hydrogens is 172 g/mol. The molecule has 0 aromatic carbocycles. The van der Waals surface area contributed by atoms with Crippen LogP contribution in [0.2, 0.25) is 0 Å². The third kappa shape index (κ3) is 1.98. The van der Waals surface area contributed by atoms with Gasteiger partial charge in [0.25, 0.3) is 0 Å². The Bertz CT molecular complexity index is 164. The zero-order valence-corrected chi connectivity index (χ0v) is 9.56. The molecule has 0 N–H and O–H groups in total. The SMILES string of the molecule is COC1(C2CCCCC2)CCCCC1. The van der Waals surface area contributed by atoms with Crippen molar-refractivity contribution in [1.82, 2.24) is 0 Å². The fourth-order valence-corrected chi connectivity index (χ4v) is 3.56. The van der Waals surface area contributed by atoms with E-state index in [4.69, 9.17) is 4.74 Å². The van der Waals surface area contributed by atoms with Crippen LogP contribution in [0.5, 0.6) is 0 Å². The molecule has 1 heteroatoms. The zero-order chi connectivity index (χ0) is 9.86. The van der Waals surface area contributed by atoms with Gasteiger partial charge in [-0.05, 0) is 31.6 Å². The van der Waals surface area contributed by atoms with Crippen LogP contribution in [0.3, 0.4) is 0 Å². The third-order valence-corrected chi connectivity index (χ3v) is 4.46. The van der Waals surface area contributed by atoms with E-state index in [0.29, 0.717) is 5.60 Å². The van der Waals surface area contributed by atoms with E-state index in [2.05, 4.69) is 0 Å². The molecule has 2 aliphatic rings. The van der Waals surface area contributed by atoms with Crippen molar-refractivity contribution in [2.75, 3.05) is 7.11 Å². The van der Waals surface area contributed by atoms with Crippen molar-refractivity contribution in [3.63, 3.8) is 0 Å². The fourth-order valence-electron chi connectivity index (χ4n) is 3.56. The second-order valence-corrected chi connectivity index (χ2v) is 5.16. The Hall–Kier alpha value is -0.0400. The molecule has 0 heterocycles.